The fraction of sp³-hybridized carbons (Fsp3) is 0.917. The standard InChI is InChI=1S/C10H21NO.2CH4/c1-9(2,3)8(12)7-11-10(4,5)6;;/h11H,7H2,1-6H3;2*1H4. The average molecular weight is 203 g/mol. The van der Waals surface area contributed by atoms with Crippen LogP contribution >= 0.6 is 0 Å². The molecule has 0 aliphatic carbocycles. The zero-order valence-corrected chi connectivity index (χ0v) is 9.12. The molecule has 0 rings (SSSR count). The number of hydrogen-bond acceptors (Lipinski definition) is 2. The van der Waals surface area contributed by atoms with E-state index in [-0.39, 0.29) is 31.6 Å². The fourth-order valence-corrected chi connectivity index (χ4v) is 0.611. The van der Waals surface area contributed by atoms with E-state index in [0.717, 1.165) is 0 Å². The third-order valence-electron chi connectivity index (χ3n) is 1.62. The van der Waals surface area contributed by atoms with Gasteiger partial charge < -0.3 is 5.32 Å². The Morgan fingerprint density at radius 1 is 1.00 bits per heavy atom. The lowest BCUT2D eigenvalue weighted by atomic mass is 9.90. The molecule has 1 N–H and O–H groups in total. The molecule has 0 radical (unpaired) electrons. The minimum Gasteiger partial charge on any atom is -0.305 e. The van der Waals surface area contributed by atoms with Crippen molar-refractivity contribution in [1.82, 2.24) is 5.32 Å². The van der Waals surface area contributed by atoms with Crippen molar-refractivity contribution in [1.29, 1.82) is 0 Å². The highest BCUT2D eigenvalue weighted by atomic mass is 16.1. The van der Waals surface area contributed by atoms with Gasteiger partial charge in [0.2, 0.25) is 0 Å². The number of carbonyl (C=O) groups excluding carboxylic acids is 1. The van der Waals surface area contributed by atoms with Crippen molar-refractivity contribution >= 4 is 5.78 Å². The van der Waals surface area contributed by atoms with Gasteiger partial charge in [-0.2, -0.15) is 0 Å². The first-order valence-electron chi connectivity index (χ1n) is 4.41. The lowest BCUT2D eigenvalue weighted by Crippen LogP contribution is -2.42. The van der Waals surface area contributed by atoms with E-state index in [1.807, 2.05) is 20.8 Å². The highest BCUT2D eigenvalue weighted by molar-refractivity contribution is 5.85. The zero-order valence-electron chi connectivity index (χ0n) is 9.12. The number of carbonyl (C=O) groups is 1. The molecule has 0 aliphatic rings. The average Bonchev–Trinajstić information content (AvgIpc) is 1.78. The van der Waals surface area contributed by atoms with Crippen LogP contribution in [0.3, 0.4) is 0 Å². The van der Waals surface area contributed by atoms with Crippen molar-refractivity contribution in [3.63, 3.8) is 0 Å². The summed E-state index contributed by atoms with van der Waals surface area (Å²) in [6.07, 6.45) is 0. The summed E-state index contributed by atoms with van der Waals surface area (Å²) in [5.41, 5.74) is -0.195. The summed E-state index contributed by atoms with van der Waals surface area (Å²) in [6, 6.07) is 0. The summed E-state index contributed by atoms with van der Waals surface area (Å²) < 4.78 is 0. The van der Waals surface area contributed by atoms with E-state index in [0.29, 0.717) is 6.54 Å². The lowest BCUT2D eigenvalue weighted by Gasteiger charge is -2.23. The largest absolute Gasteiger partial charge is 0.305 e. The normalized spacial score (nSPS) is 11.3. The van der Waals surface area contributed by atoms with Gasteiger partial charge in [-0.25, -0.2) is 0 Å². The molecule has 0 spiro atoms. The molecule has 0 aliphatic heterocycles. The van der Waals surface area contributed by atoms with Crippen molar-refractivity contribution in [2.75, 3.05) is 6.54 Å². The van der Waals surface area contributed by atoms with Gasteiger partial charge in [0.05, 0.1) is 6.54 Å². The molecule has 0 aromatic rings. The first-order chi connectivity index (χ1) is 5.13. The monoisotopic (exact) mass is 203 g/mol. The lowest BCUT2D eigenvalue weighted by molar-refractivity contribution is -0.125. The Morgan fingerprint density at radius 2 is 1.36 bits per heavy atom. The van der Waals surface area contributed by atoms with Gasteiger partial charge in [0.25, 0.3) is 0 Å². The molecule has 0 aromatic heterocycles. The maximum absolute atomic E-state index is 11.4. The second-order valence-electron chi connectivity index (χ2n) is 5.28. The molecule has 0 fully saturated rings. The van der Waals surface area contributed by atoms with Crippen LogP contribution in [0.15, 0.2) is 0 Å². The van der Waals surface area contributed by atoms with Gasteiger partial charge in [0.15, 0.2) is 5.78 Å². The molecule has 0 saturated heterocycles. The maximum Gasteiger partial charge on any atom is 0.151 e. The highest BCUT2D eigenvalue weighted by Gasteiger charge is 2.22. The van der Waals surface area contributed by atoms with E-state index in [1.165, 1.54) is 0 Å². The molecular formula is C12H29NO. The van der Waals surface area contributed by atoms with Crippen LogP contribution in [0.2, 0.25) is 0 Å². The van der Waals surface area contributed by atoms with Crippen LogP contribution in [-0.2, 0) is 4.79 Å². The number of nitrogens with one attached hydrogen (secondary N) is 1. The quantitative estimate of drug-likeness (QED) is 0.746. The van der Waals surface area contributed by atoms with Crippen LogP contribution < -0.4 is 5.32 Å². The Balaban J connectivity index is -0.000000605. The van der Waals surface area contributed by atoms with Crippen LogP contribution in [0.4, 0.5) is 0 Å². The van der Waals surface area contributed by atoms with Crippen molar-refractivity contribution in [3.05, 3.63) is 0 Å². The number of Topliss-reactive ketones (excluding diaryl/α,β-unsaturated/α-hetero) is 1. The summed E-state index contributed by atoms with van der Waals surface area (Å²) in [6.45, 7) is 12.5. The molecule has 0 bridgehead atoms. The third-order valence-corrected chi connectivity index (χ3v) is 1.62. The predicted molar refractivity (Wildman–Crippen MR) is 65.7 cm³/mol. The van der Waals surface area contributed by atoms with Crippen LogP contribution in [0, 0.1) is 5.41 Å². The van der Waals surface area contributed by atoms with Crippen LogP contribution in [0.1, 0.15) is 56.4 Å². The first-order valence-corrected chi connectivity index (χ1v) is 4.41. The van der Waals surface area contributed by atoms with Gasteiger partial charge in [-0.05, 0) is 20.8 Å². The Hall–Kier alpha value is -0.370. The minimum atomic E-state index is -0.224. The molecule has 0 unspecified atom stereocenters. The highest BCUT2D eigenvalue weighted by Crippen LogP contribution is 2.14. The summed E-state index contributed by atoms with van der Waals surface area (Å²) in [4.78, 5) is 11.4. The SMILES string of the molecule is C.C.CC(C)(C)NCC(=O)C(C)(C)C. The van der Waals surface area contributed by atoms with Gasteiger partial charge in [-0.3, -0.25) is 4.79 Å². The van der Waals surface area contributed by atoms with Gasteiger partial charge in [0.1, 0.15) is 0 Å². The topological polar surface area (TPSA) is 29.1 Å². The first kappa shape index (κ1) is 19.2. The van der Waals surface area contributed by atoms with Crippen molar-refractivity contribution in [2.45, 2.75) is 61.9 Å². The summed E-state index contributed by atoms with van der Waals surface area (Å²) in [7, 11) is 0. The van der Waals surface area contributed by atoms with Gasteiger partial charge in [0, 0.05) is 11.0 Å². The summed E-state index contributed by atoms with van der Waals surface area (Å²) in [5, 5.41) is 3.18. The van der Waals surface area contributed by atoms with Crippen LogP contribution in [0.5, 0.6) is 0 Å². The molecule has 0 atom stereocenters. The van der Waals surface area contributed by atoms with Crippen molar-refractivity contribution in [2.24, 2.45) is 5.41 Å². The number of hydrogen-bond donors (Lipinski definition) is 1. The zero-order chi connectivity index (χ0) is 9.99. The summed E-state index contributed by atoms with van der Waals surface area (Å²) >= 11 is 0. The van der Waals surface area contributed by atoms with E-state index in [4.69, 9.17) is 0 Å². The smallest absolute Gasteiger partial charge is 0.151 e. The van der Waals surface area contributed by atoms with Crippen LogP contribution in [0.25, 0.3) is 0 Å². The Morgan fingerprint density at radius 3 is 1.57 bits per heavy atom. The Bertz CT molecular complexity index is 160. The molecule has 2 nitrogen and oxygen atoms in total. The van der Waals surface area contributed by atoms with E-state index >= 15 is 0 Å². The van der Waals surface area contributed by atoms with E-state index in [9.17, 15) is 4.79 Å². The molecule has 0 aromatic carbocycles. The molecular weight excluding hydrogens is 174 g/mol. The molecule has 14 heavy (non-hydrogen) atoms. The second kappa shape index (κ2) is 6.18. The predicted octanol–water partition coefficient (Wildman–Crippen LogP) is 3.26. The Kier molecular flexibility index (Phi) is 8.49. The molecule has 0 saturated carbocycles. The maximum atomic E-state index is 11.4. The molecule has 2 heteroatoms. The van der Waals surface area contributed by atoms with Crippen molar-refractivity contribution in [3.8, 4) is 0 Å². The molecule has 0 amide bonds. The van der Waals surface area contributed by atoms with E-state index < -0.39 is 0 Å². The minimum absolute atomic E-state index is 0. The van der Waals surface area contributed by atoms with Crippen molar-refractivity contribution < 1.29 is 4.79 Å². The molecule has 0 heterocycles. The number of ketones is 1. The van der Waals surface area contributed by atoms with Gasteiger partial charge >= 0.3 is 0 Å². The second-order valence-corrected chi connectivity index (χ2v) is 5.28. The van der Waals surface area contributed by atoms with E-state index in [2.05, 4.69) is 26.1 Å². The summed E-state index contributed by atoms with van der Waals surface area (Å²) in [5.74, 6) is 0.262. The van der Waals surface area contributed by atoms with Gasteiger partial charge in [-0.15, -0.1) is 0 Å². The third kappa shape index (κ3) is 9.72. The van der Waals surface area contributed by atoms with Crippen LogP contribution in [-0.4, -0.2) is 17.9 Å². The fourth-order valence-electron chi connectivity index (χ4n) is 0.611. The number of rotatable bonds is 2. The Labute approximate surface area is 90.5 Å². The molecule has 88 valence electrons. The van der Waals surface area contributed by atoms with Gasteiger partial charge in [-0.1, -0.05) is 35.6 Å². The van der Waals surface area contributed by atoms with E-state index in [1.54, 1.807) is 0 Å².